The lowest BCUT2D eigenvalue weighted by Gasteiger charge is -2.17. The summed E-state index contributed by atoms with van der Waals surface area (Å²) in [6.45, 7) is 9.58. The average molecular weight is 682 g/mol. The summed E-state index contributed by atoms with van der Waals surface area (Å²) in [7, 11) is -4.42. The standard InChI is InChI=1S/C33H29BrO7S2/c1-6-9-27(35)40-26-16-22(12-13-25(26)33(36)37)43(38,39)41-31-17(2)14-21(15-18(31)3)29-23-10-7-8-11-24(23)30(34)32-28(29)19(4)20(5)42-32/h7-8,10-16H,6,9H2,1-5H3,(H,36,37). The Balaban J connectivity index is 1.60. The first-order valence-electron chi connectivity index (χ1n) is 13.6. The number of aromatic carboxylic acids is 1. The summed E-state index contributed by atoms with van der Waals surface area (Å²) in [4.78, 5) is 24.7. The van der Waals surface area contributed by atoms with Crippen molar-refractivity contribution >= 4 is 70.2 Å². The Labute approximate surface area is 262 Å². The van der Waals surface area contributed by atoms with Gasteiger partial charge in [-0.3, -0.25) is 4.79 Å². The maximum Gasteiger partial charge on any atom is 0.339 e. The predicted octanol–water partition coefficient (Wildman–Crippen LogP) is 8.89. The number of carbonyl (C=O) groups excluding carboxylic acids is 1. The average Bonchev–Trinajstić information content (AvgIpc) is 3.25. The van der Waals surface area contributed by atoms with E-state index in [1.807, 2.05) is 24.3 Å². The molecule has 0 bridgehead atoms. The number of thiophene rings is 1. The summed E-state index contributed by atoms with van der Waals surface area (Å²) in [5, 5.41) is 12.8. The molecule has 43 heavy (non-hydrogen) atoms. The molecule has 0 saturated heterocycles. The Morgan fingerprint density at radius 1 is 0.953 bits per heavy atom. The number of hydrogen-bond donors (Lipinski definition) is 1. The summed E-state index contributed by atoms with van der Waals surface area (Å²) < 4.78 is 39.9. The summed E-state index contributed by atoms with van der Waals surface area (Å²) in [5.74, 6) is -2.19. The Hall–Kier alpha value is -3.73. The van der Waals surface area contributed by atoms with E-state index in [0.717, 1.165) is 54.7 Å². The van der Waals surface area contributed by atoms with E-state index in [1.54, 1.807) is 32.1 Å². The molecule has 1 aromatic heterocycles. The normalized spacial score (nSPS) is 11.7. The van der Waals surface area contributed by atoms with Crippen molar-refractivity contribution in [2.45, 2.75) is 52.4 Å². The first kappa shape index (κ1) is 30.7. The predicted molar refractivity (Wildman–Crippen MR) is 173 cm³/mol. The maximum atomic E-state index is 13.4. The smallest absolute Gasteiger partial charge is 0.339 e. The van der Waals surface area contributed by atoms with Crippen LogP contribution in [-0.2, 0) is 14.9 Å². The number of benzene rings is 4. The molecule has 0 aliphatic rings. The number of carbonyl (C=O) groups is 2. The van der Waals surface area contributed by atoms with E-state index < -0.39 is 22.1 Å². The molecule has 10 heteroatoms. The fraction of sp³-hybridized carbons (Fsp3) is 0.212. The van der Waals surface area contributed by atoms with Crippen molar-refractivity contribution in [1.82, 2.24) is 0 Å². The first-order chi connectivity index (χ1) is 20.3. The van der Waals surface area contributed by atoms with Crippen LogP contribution in [0.5, 0.6) is 11.5 Å². The molecular weight excluding hydrogens is 652 g/mol. The van der Waals surface area contributed by atoms with E-state index in [4.69, 9.17) is 8.92 Å². The van der Waals surface area contributed by atoms with Crippen molar-refractivity contribution in [2.24, 2.45) is 0 Å². The van der Waals surface area contributed by atoms with Crippen molar-refractivity contribution in [1.29, 1.82) is 0 Å². The Morgan fingerprint density at radius 3 is 2.23 bits per heavy atom. The SMILES string of the molecule is CCCC(=O)Oc1cc(S(=O)(=O)Oc2c(C)cc(-c3c4ccccc4c(Br)c4sc(C)c(C)c34)cc2C)ccc1C(=O)O. The Bertz CT molecular complexity index is 2040. The van der Waals surface area contributed by atoms with Gasteiger partial charge in [-0.25, -0.2) is 4.79 Å². The zero-order chi connectivity index (χ0) is 31.2. The molecule has 0 fully saturated rings. The number of fused-ring (bicyclic) bond motifs is 2. The number of rotatable bonds is 8. The molecule has 222 valence electrons. The molecule has 0 atom stereocenters. The van der Waals surface area contributed by atoms with Gasteiger partial charge in [0.2, 0.25) is 0 Å². The third-order valence-electron chi connectivity index (χ3n) is 7.36. The van der Waals surface area contributed by atoms with Crippen LogP contribution < -0.4 is 8.92 Å². The second-order valence-corrected chi connectivity index (χ2v) is 13.9. The van der Waals surface area contributed by atoms with Crippen LogP contribution >= 0.6 is 27.3 Å². The van der Waals surface area contributed by atoms with Crippen molar-refractivity contribution in [2.75, 3.05) is 0 Å². The van der Waals surface area contributed by atoms with Gasteiger partial charge < -0.3 is 14.0 Å². The molecular formula is C33H29BrO7S2. The Morgan fingerprint density at radius 2 is 1.60 bits per heavy atom. The van der Waals surface area contributed by atoms with Crippen molar-refractivity contribution in [3.8, 4) is 22.6 Å². The van der Waals surface area contributed by atoms with E-state index in [2.05, 4.69) is 41.9 Å². The van der Waals surface area contributed by atoms with Crippen LogP contribution in [0, 0.1) is 27.7 Å². The van der Waals surface area contributed by atoms with Gasteiger partial charge in [0.25, 0.3) is 0 Å². The second kappa shape index (κ2) is 11.7. The zero-order valence-electron chi connectivity index (χ0n) is 24.2. The molecule has 1 N–H and O–H groups in total. The number of esters is 1. The second-order valence-electron chi connectivity index (χ2n) is 10.4. The highest BCUT2D eigenvalue weighted by molar-refractivity contribution is 9.11. The van der Waals surface area contributed by atoms with Gasteiger partial charge in [-0.15, -0.1) is 11.3 Å². The minimum atomic E-state index is -4.42. The monoisotopic (exact) mass is 680 g/mol. The number of ether oxygens (including phenoxy) is 1. The quantitative estimate of drug-likeness (QED) is 0.0991. The fourth-order valence-electron chi connectivity index (χ4n) is 5.21. The van der Waals surface area contributed by atoms with E-state index in [0.29, 0.717) is 17.5 Å². The van der Waals surface area contributed by atoms with Crippen LogP contribution in [0.3, 0.4) is 0 Å². The van der Waals surface area contributed by atoms with Crippen molar-refractivity contribution in [3.05, 3.63) is 86.2 Å². The minimum Gasteiger partial charge on any atom is -0.478 e. The van der Waals surface area contributed by atoms with Gasteiger partial charge in [0.1, 0.15) is 22.0 Å². The first-order valence-corrected chi connectivity index (χ1v) is 16.6. The topological polar surface area (TPSA) is 107 Å². The number of carboxylic acids is 1. The van der Waals surface area contributed by atoms with Crippen molar-refractivity contribution < 1.29 is 32.0 Å². The van der Waals surface area contributed by atoms with E-state index >= 15 is 0 Å². The van der Waals surface area contributed by atoms with Crippen molar-refractivity contribution in [3.63, 3.8) is 0 Å². The van der Waals surface area contributed by atoms with Crippen LogP contribution in [-0.4, -0.2) is 25.5 Å². The molecule has 5 aromatic rings. The van der Waals surface area contributed by atoms with Crippen LogP contribution in [0.4, 0.5) is 0 Å². The fourth-order valence-corrected chi connectivity index (χ4v) is 8.18. The minimum absolute atomic E-state index is 0.0572. The summed E-state index contributed by atoms with van der Waals surface area (Å²) in [6, 6.07) is 15.3. The summed E-state index contributed by atoms with van der Waals surface area (Å²) in [6.07, 6.45) is 0.547. The highest BCUT2D eigenvalue weighted by atomic mass is 79.9. The molecule has 0 amide bonds. The van der Waals surface area contributed by atoms with Gasteiger partial charge in [0, 0.05) is 27.2 Å². The number of carboxylic acid groups (broad SMARTS) is 1. The van der Waals surface area contributed by atoms with Crippen LogP contribution in [0.15, 0.2) is 64.0 Å². The van der Waals surface area contributed by atoms with Crippen LogP contribution in [0.25, 0.3) is 32.0 Å². The highest BCUT2D eigenvalue weighted by Crippen LogP contribution is 2.48. The lowest BCUT2D eigenvalue weighted by molar-refractivity contribution is -0.134. The van der Waals surface area contributed by atoms with Crippen LogP contribution in [0.1, 0.15) is 51.7 Å². The largest absolute Gasteiger partial charge is 0.478 e. The summed E-state index contributed by atoms with van der Waals surface area (Å²) in [5.41, 5.74) is 4.09. The molecule has 4 aromatic carbocycles. The summed E-state index contributed by atoms with van der Waals surface area (Å²) >= 11 is 5.57. The third-order valence-corrected chi connectivity index (χ3v) is 10.9. The van der Waals surface area contributed by atoms with Gasteiger partial charge >= 0.3 is 22.1 Å². The van der Waals surface area contributed by atoms with E-state index in [1.165, 1.54) is 10.4 Å². The van der Waals surface area contributed by atoms with Gasteiger partial charge in [-0.05, 0) is 113 Å². The molecule has 0 unspecified atom stereocenters. The molecule has 0 aliphatic carbocycles. The molecule has 0 spiro atoms. The van der Waals surface area contributed by atoms with E-state index in [9.17, 15) is 23.1 Å². The lowest BCUT2D eigenvalue weighted by atomic mass is 9.91. The zero-order valence-corrected chi connectivity index (χ0v) is 27.4. The lowest BCUT2D eigenvalue weighted by Crippen LogP contribution is -2.14. The van der Waals surface area contributed by atoms with Crippen LogP contribution in [0.2, 0.25) is 0 Å². The molecule has 0 aliphatic heterocycles. The van der Waals surface area contributed by atoms with E-state index in [-0.39, 0.29) is 28.4 Å². The number of aryl methyl sites for hydroxylation is 4. The molecule has 0 saturated carbocycles. The Kier molecular flexibility index (Phi) is 8.39. The van der Waals surface area contributed by atoms with Gasteiger partial charge in [0.15, 0.2) is 0 Å². The number of halogens is 1. The van der Waals surface area contributed by atoms with Gasteiger partial charge in [-0.2, -0.15) is 8.42 Å². The van der Waals surface area contributed by atoms with Gasteiger partial charge in [-0.1, -0.05) is 31.2 Å². The molecule has 7 nitrogen and oxygen atoms in total. The van der Waals surface area contributed by atoms with Gasteiger partial charge in [0.05, 0.1) is 4.70 Å². The molecule has 0 radical (unpaired) electrons. The number of hydrogen-bond acceptors (Lipinski definition) is 7. The highest BCUT2D eigenvalue weighted by Gasteiger charge is 2.25. The maximum absolute atomic E-state index is 13.4. The molecule has 5 rings (SSSR count). The third kappa shape index (κ3) is 5.67. The molecule has 1 heterocycles.